The number of hydrogen-bond acceptors (Lipinski definition) is 3. The molecule has 1 heterocycles. The zero-order valence-corrected chi connectivity index (χ0v) is 14.5. The number of benzene rings is 2. The van der Waals surface area contributed by atoms with E-state index >= 15 is 0 Å². The van der Waals surface area contributed by atoms with Crippen LogP contribution >= 0.6 is 0 Å². The predicted octanol–water partition coefficient (Wildman–Crippen LogP) is 3.45. The summed E-state index contributed by atoms with van der Waals surface area (Å²) in [6, 6.07) is 16.7. The van der Waals surface area contributed by atoms with Gasteiger partial charge in [0.1, 0.15) is 5.75 Å². The topological polar surface area (TPSA) is 67.4 Å². The lowest BCUT2D eigenvalue weighted by Gasteiger charge is -2.35. The van der Waals surface area contributed by atoms with E-state index in [1.54, 1.807) is 7.11 Å². The van der Waals surface area contributed by atoms with Gasteiger partial charge in [0.15, 0.2) is 5.78 Å². The second kappa shape index (κ2) is 6.67. The van der Waals surface area contributed by atoms with Crippen LogP contribution < -0.4 is 15.4 Å². The number of nitrogens with one attached hydrogen (secondary N) is 2. The molecule has 2 aromatic rings. The molecule has 5 heteroatoms. The number of amides is 2. The number of rotatable bonds is 3. The highest BCUT2D eigenvalue weighted by Gasteiger charge is 2.37. The molecule has 2 N–H and O–H groups in total. The lowest BCUT2D eigenvalue weighted by Crippen LogP contribution is -2.47. The number of allylic oxidation sites excluding steroid dienone is 1. The van der Waals surface area contributed by atoms with Gasteiger partial charge in [-0.1, -0.05) is 42.5 Å². The van der Waals surface area contributed by atoms with E-state index in [2.05, 4.69) is 10.6 Å². The van der Waals surface area contributed by atoms with Crippen LogP contribution in [0.15, 0.2) is 65.9 Å². The Morgan fingerprint density at radius 3 is 2.35 bits per heavy atom. The van der Waals surface area contributed by atoms with Crippen LogP contribution in [0.1, 0.15) is 35.9 Å². The summed E-state index contributed by atoms with van der Waals surface area (Å²) >= 11 is 0. The monoisotopic (exact) mass is 348 g/mol. The van der Waals surface area contributed by atoms with E-state index in [4.69, 9.17) is 4.74 Å². The van der Waals surface area contributed by atoms with Crippen molar-refractivity contribution in [1.29, 1.82) is 0 Å². The Hall–Kier alpha value is -3.08. The van der Waals surface area contributed by atoms with E-state index in [1.165, 1.54) is 0 Å². The summed E-state index contributed by atoms with van der Waals surface area (Å²) < 4.78 is 5.20. The van der Waals surface area contributed by atoms with E-state index in [0.717, 1.165) is 22.6 Å². The molecular weight excluding hydrogens is 328 g/mol. The molecule has 4 rings (SSSR count). The van der Waals surface area contributed by atoms with Gasteiger partial charge in [-0.2, -0.15) is 0 Å². The Kier molecular flexibility index (Phi) is 4.21. The fourth-order valence-corrected chi connectivity index (χ4v) is 3.77. The van der Waals surface area contributed by atoms with Gasteiger partial charge < -0.3 is 15.4 Å². The van der Waals surface area contributed by atoms with Gasteiger partial charge in [-0.3, -0.25) is 4.79 Å². The number of ketones is 1. The van der Waals surface area contributed by atoms with Crippen LogP contribution in [0.5, 0.6) is 5.75 Å². The molecule has 2 aromatic carbocycles. The normalized spacial score (nSPS) is 22.3. The predicted molar refractivity (Wildman–Crippen MR) is 97.9 cm³/mol. The lowest BCUT2D eigenvalue weighted by molar-refractivity contribution is -0.116. The molecule has 2 amide bonds. The molecule has 2 aliphatic rings. The number of ether oxygens (including phenoxy) is 1. The van der Waals surface area contributed by atoms with Crippen molar-refractivity contribution in [2.45, 2.75) is 24.8 Å². The molecule has 0 fully saturated rings. The fraction of sp³-hybridized carbons (Fsp3) is 0.238. The van der Waals surface area contributed by atoms with E-state index in [9.17, 15) is 9.59 Å². The van der Waals surface area contributed by atoms with Crippen molar-refractivity contribution in [3.8, 4) is 5.75 Å². The number of carbonyl (C=O) groups is 2. The average molecular weight is 348 g/mol. The zero-order chi connectivity index (χ0) is 18.1. The third-order valence-electron chi connectivity index (χ3n) is 5.06. The van der Waals surface area contributed by atoms with Crippen molar-refractivity contribution < 1.29 is 14.3 Å². The van der Waals surface area contributed by atoms with Crippen LogP contribution in [0.2, 0.25) is 0 Å². The smallest absolute Gasteiger partial charge is 0.319 e. The molecule has 1 aliphatic carbocycles. The SMILES string of the molecule is COc1ccc([C@@H]2CC(=O)C3=C(C2)NC(=O)N[C@@H]3c2ccccc2)cc1. The average Bonchev–Trinajstić information content (AvgIpc) is 2.67. The van der Waals surface area contributed by atoms with Crippen molar-refractivity contribution in [3.05, 3.63) is 77.0 Å². The minimum atomic E-state index is -0.385. The molecular formula is C21H20N2O3. The maximum Gasteiger partial charge on any atom is 0.319 e. The van der Waals surface area contributed by atoms with E-state index < -0.39 is 0 Å². The Bertz CT molecular complexity index is 872. The van der Waals surface area contributed by atoms with Gasteiger partial charge in [-0.05, 0) is 35.6 Å². The quantitative estimate of drug-likeness (QED) is 0.893. The zero-order valence-electron chi connectivity index (χ0n) is 14.5. The number of carbonyl (C=O) groups excluding carboxylic acids is 2. The van der Waals surface area contributed by atoms with Crippen LogP contribution in [-0.2, 0) is 4.79 Å². The molecule has 26 heavy (non-hydrogen) atoms. The summed E-state index contributed by atoms with van der Waals surface area (Å²) in [5.41, 5.74) is 3.42. The van der Waals surface area contributed by atoms with E-state index in [0.29, 0.717) is 18.4 Å². The standard InChI is InChI=1S/C21H20N2O3/c1-26-16-9-7-13(8-10-16)15-11-17-19(18(24)12-15)20(23-21(25)22-17)14-5-3-2-4-6-14/h2-10,15,20H,11-12H2,1H3,(H2,22,23,25)/t15-,20+/m0/s1. The molecule has 0 saturated carbocycles. The third-order valence-corrected chi connectivity index (χ3v) is 5.06. The Balaban J connectivity index is 1.67. The van der Waals surface area contributed by atoms with Gasteiger partial charge in [0.25, 0.3) is 0 Å². The fourth-order valence-electron chi connectivity index (χ4n) is 3.77. The highest BCUT2D eigenvalue weighted by Crippen LogP contribution is 2.39. The van der Waals surface area contributed by atoms with E-state index in [-0.39, 0.29) is 23.8 Å². The first-order valence-electron chi connectivity index (χ1n) is 8.68. The van der Waals surface area contributed by atoms with Gasteiger partial charge in [0, 0.05) is 17.7 Å². The number of urea groups is 1. The Morgan fingerprint density at radius 1 is 0.923 bits per heavy atom. The highest BCUT2D eigenvalue weighted by atomic mass is 16.5. The van der Waals surface area contributed by atoms with Crippen molar-refractivity contribution >= 4 is 11.8 Å². The third kappa shape index (κ3) is 2.96. The first kappa shape index (κ1) is 16.4. The molecule has 0 spiro atoms. The van der Waals surface area contributed by atoms with Crippen molar-refractivity contribution in [2.24, 2.45) is 0 Å². The summed E-state index contributed by atoms with van der Waals surface area (Å²) in [6.45, 7) is 0. The molecule has 0 bridgehead atoms. The van der Waals surface area contributed by atoms with Gasteiger partial charge in [-0.25, -0.2) is 4.79 Å². The first-order chi connectivity index (χ1) is 12.7. The molecule has 0 aromatic heterocycles. The van der Waals surface area contributed by atoms with Gasteiger partial charge in [0.2, 0.25) is 0 Å². The summed E-state index contributed by atoms with van der Waals surface area (Å²) in [4.78, 5) is 25.1. The maximum atomic E-state index is 13.0. The molecule has 0 radical (unpaired) electrons. The van der Waals surface area contributed by atoms with Gasteiger partial charge in [0.05, 0.1) is 13.2 Å². The summed E-state index contributed by atoms with van der Waals surface area (Å²) in [6.07, 6.45) is 1.08. The highest BCUT2D eigenvalue weighted by molar-refractivity contribution is 6.01. The molecule has 1 aliphatic heterocycles. The van der Waals surface area contributed by atoms with Crippen molar-refractivity contribution in [1.82, 2.24) is 10.6 Å². The largest absolute Gasteiger partial charge is 0.497 e. The molecule has 2 atom stereocenters. The number of hydrogen-bond donors (Lipinski definition) is 2. The maximum absolute atomic E-state index is 13.0. The van der Waals surface area contributed by atoms with Gasteiger partial charge >= 0.3 is 6.03 Å². The van der Waals surface area contributed by atoms with E-state index in [1.807, 2.05) is 54.6 Å². The molecule has 132 valence electrons. The van der Waals surface area contributed by atoms with Crippen LogP contribution in [0, 0.1) is 0 Å². The van der Waals surface area contributed by atoms with Gasteiger partial charge in [-0.15, -0.1) is 0 Å². The van der Waals surface area contributed by atoms with Crippen LogP contribution in [-0.4, -0.2) is 18.9 Å². The second-order valence-electron chi connectivity index (χ2n) is 6.64. The van der Waals surface area contributed by atoms with Crippen LogP contribution in [0.25, 0.3) is 0 Å². The minimum absolute atomic E-state index is 0.0574. The van der Waals surface area contributed by atoms with Crippen LogP contribution in [0.3, 0.4) is 0 Å². The van der Waals surface area contributed by atoms with Crippen molar-refractivity contribution in [2.75, 3.05) is 7.11 Å². The summed E-state index contributed by atoms with van der Waals surface area (Å²) in [5.74, 6) is 0.922. The first-order valence-corrected chi connectivity index (χ1v) is 8.68. The Labute approximate surface area is 152 Å². The molecule has 5 nitrogen and oxygen atoms in total. The number of Topliss-reactive ketones (excluding diaryl/α,β-unsaturated/α-hetero) is 1. The lowest BCUT2D eigenvalue weighted by atomic mass is 9.78. The minimum Gasteiger partial charge on any atom is -0.497 e. The number of methoxy groups -OCH3 is 1. The summed E-state index contributed by atoms with van der Waals surface area (Å²) in [5, 5.41) is 5.74. The van der Waals surface area contributed by atoms with Crippen LogP contribution in [0.4, 0.5) is 4.79 Å². The molecule has 0 unspecified atom stereocenters. The second-order valence-corrected chi connectivity index (χ2v) is 6.64. The van der Waals surface area contributed by atoms with Crippen molar-refractivity contribution in [3.63, 3.8) is 0 Å². The summed E-state index contributed by atoms with van der Waals surface area (Å²) in [7, 11) is 1.63. The molecule has 0 saturated heterocycles. The Morgan fingerprint density at radius 2 is 1.65 bits per heavy atom.